The average molecular weight is 288 g/mol. The topological polar surface area (TPSA) is 55.6 Å². The molecule has 0 aliphatic heterocycles. The maximum Gasteiger partial charge on any atom is 0.163 e. The number of rotatable bonds is 4. The van der Waals surface area contributed by atoms with E-state index >= 15 is 0 Å². The first-order valence-corrected chi connectivity index (χ1v) is 6.73. The van der Waals surface area contributed by atoms with Crippen LogP contribution in [0.25, 0.3) is 11.0 Å². The largest absolute Gasteiger partial charge is 0.369 e. The molecule has 0 bridgehead atoms. The molecule has 0 unspecified atom stereocenters. The smallest absolute Gasteiger partial charge is 0.163 e. The van der Waals surface area contributed by atoms with Crippen LogP contribution in [0.5, 0.6) is 0 Å². The molecule has 0 aliphatic carbocycles. The predicted molar refractivity (Wildman–Crippen MR) is 79.9 cm³/mol. The summed E-state index contributed by atoms with van der Waals surface area (Å²) in [7, 11) is 1.87. The van der Waals surface area contributed by atoms with Crippen LogP contribution < -0.4 is 5.32 Å². The van der Waals surface area contributed by atoms with E-state index in [0.717, 1.165) is 34.8 Å². The Hall–Kier alpha value is -2.14. The van der Waals surface area contributed by atoms with Gasteiger partial charge in [-0.25, -0.2) is 9.97 Å². The number of hydrogen-bond acceptors (Lipinski definition) is 4. The average Bonchev–Trinajstić information content (AvgIpc) is 2.84. The van der Waals surface area contributed by atoms with E-state index in [1.807, 2.05) is 31.3 Å². The number of anilines is 1. The van der Waals surface area contributed by atoms with Gasteiger partial charge >= 0.3 is 0 Å². The van der Waals surface area contributed by atoms with Gasteiger partial charge in [0.1, 0.15) is 12.1 Å². The van der Waals surface area contributed by atoms with E-state index in [2.05, 4.69) is 20.4 Å². The quantitative estimate of drug-likeness (QED) is 0.801. The molecule has 2 heterocycles. The number of halogens is 1. The summed E-state index contributed by atoms with van der Waals surface area (Å²) < 4.78 is 1.74. The third-order valence-electron chi connectivity index (χ3n) is 3.15. The van der Waals surface area contributed by atoms with Crippen LogP contribution in [0, 0.1) is 0 Å². The van der Waals surface area contributed by atoms with Gasteiger partial charge in [0.15, 0.2) is 5.65 Å². The first-order valence-electron chi connectivity index (χ1n) is 6.35. The Morgan fingerprint density at radius 2 is 2.00 bits per heavy atom. The van der Waals surface area contributed by atoms with E-state index in [1.165, 1.54) is 5.56 Å². The number of aryl methyl sites for hydroxylation is 1. The number of hydrogen-bond donors (Lipinski definition) is 1. The molecule has 0 aliphatic rings. The van der Waals surface area contributed by atoms with Gasteiger partial charge in [0.05, 0.1) is 11.6 Å². The number of aromatic nitrogens is 4. The van der Waals surface area contributed by atoms with Crippen molar-refractivity contribution >= 4 is 28.5 Å². The van der Waals surface area contributed by atoms with Gasteiger partial charge in [-0.2, -0.15) is 5.10 Å². The molecule has 3 aromatic rings. The lowest BCUT2D eigenvalue weighted by Gasteiger charge is -2.06. The van der Waals surface area contributed by atoms with Crippen molar-refractivity contribution in [3.8, 4) is 0 Å². The number of nitrogens with zero attached hydrogens (tertiary/aromatic N) is 4. The van der Waals surface area contributed by atoms with Gasteiger partial charge in [-0.3, -0.25) is 4.68 Å². The van der Waals surface area contributed by atoms with E-state index < -0.39 is 0 Å². The Labute approximate surface area is 121 Å². The molecule has 5 nitrogen and oxygen atoms in total. The summed E-state index contributed by atoms with van der Waals surface area (Å²) in [6.07, 6.45) is 4.23. The lowest BCUT2D eigenvalue weighted by molar-refractivity contribution is 0.785. The van der Waals surface area contributed by atoms with Crippen LogP contribution in [-0.4, -0.2) is 26.3 Å². The van der Waals surface area contributed by atoms with Gasteiger partial charge in [-0.1, -0.05) is 23.7 Å². The number of benzene rings is 1. The normalized spacial score (nSPS) is 10.9. The fraction of sp³-hybridized carbons (Fsp3) is 0.214. The molecule has 0 radical (unpaired) electrons. The summed E-state index contributed by atoms with van der Waals surface area (Å²) in [4.78, 5) is 8.48. The minimum Gasteiger partial charge on any atom is -0.369 e. The SMILES string of the molecule is Cn1ncc2c(NCCc3ccc(Cl)cc3)ncnc21. The minimum absolute atomic E-state index is 0.759. The monoisotopic (exact) mass is 287 g/mol. The van der Waals surface area contributed by atoms with Crippen LogP contribution in [0.15, 0.2) is 36.8 Å². The molecule has 102 valence electrons. The Kier molecular flexibility index (Phi) is 3.52. The lowest BCUT2D eigenvalue weighted by atomic mass is 10.1. The van der Waals surface area contributed by atoms with Gasteiger partial charge in [-0.05, 0) is 24.1 Å². The maximum atomic E-state index is 5.87. The summed E-state index contributed by atoms with van der Waals surface area (Å²) in [5.41, 5.74) is 2.06. The van der Waals surface area contributed by atoms with Crippen LogP contribution in [-0.2, 0) is 13.5 Å². The van der Waals surface area contributed by atoms with Crippen molar-refractivity contribution in [3.63, 3.8) is 0 Å². The standard InChI is InChI=1S/C14H14ClN5/c1-20-14-12(8-19-20)13(17-9-18-14)16-7-6-10-2-4-11(15)5-3-10/h2-5,8-9H,6-7H2,1H3,(H,16,17,18). The molecule has 3 rings (SSSR count). The molecule has 0 saturated carbocycles. The zero-order chi connectivity index (χ0) is 13.9. The molecule has 1 aromatic carbocycles. The van der Waals surface area contributed by atoms with Crippen molar-refractivity contribution in [3.05, 3.63) is 47.4 Å². The molecule has 2 aromatic heterocycles. The summed E-state index contributed by atoms with van der Waals surface area (Å²) >= 11 is 5.87. The second-order valence-electron chi connectivity index (χ2n) is 4.53. The van der Waals surface area contributed by atoms with Crippen LogP contribution in [0.4, 0.5) is 5.82 Å². The van der Waals surface area contributed by atoms with Crippen molar-refractivity contribution in [2.45, 2.75) is 6.42 Å². The molecular weight excluding hydrogens is 274 g/mol. The lowest BCUT2D eigenvalue weighted by Crippen LogP contribution is -2.07. The summed E-state index contributed by atoms with van der Waals surface area (Å²) in [6.45, 7) is 0.794. The second kappa shape index (κ2) is 5.46. The van der Waals surface area contributed by atoms with E-state index in [-0.39, 0.29) is 0 Å². The van der Waals surface area contributed by atoms with Crippen molar-refractivity contribution in [1.29, 1.82) is 0 Å². The van der Waals surface area contributed by atoms with E-state index in [4.69, 9.17) is 11.6 Å². The van der Waals surface area contributed by atoms with E-state index in [1.54, 1.807) is 17.2 Å². The Morgan fingerprint density at radius 1 is 1.20 bits per heavy atom. The molecule has 0 amide bonds. The fourth-order valence-corrected chi connectivity index (χ4v) is 2.21. The Morgan fingerprint density at radius 3 is 2.80 bits per heavy atom. The number of nitrogens with one attached hydrogen (secondary N) is 1. The van der Waals surface area contributed by atoms with E-state index in [9.17, 15) is 0 Å². The molecule has 1 N–H and O–H groups in total. The fourth-order valence-electron chi connectivity index (χ4n) is 2.08. The van der Waals surface area contributed by atoms with Crippen LogP contribution >= 0.6 is 11.6 Å². The highest BCUT2D eigenvalue weighted by Crippen LogP contribution is 2.17. The predicted octanol–water partition coefficient (Wildman–Crippen LogP) is 2.67. The second-order valence-corrected chi connectivity index (χ2v) is 4.97. The highest BCUT2D eigenvalue weighted by Gasteiger charge is 2.06. The van der Waals surface area contributed by atoms with Gasteiger partial charge in [0.25, 0.3) is 0 Å². The summed E-state index contributed by atoms with van der Waals surface area (Å²) in [6, 6.07) is 7.87. The van der Waals surface area contributed by atoms with Gasteiger partial charge in [-0.15, -0.1) is 0 Å². The number of fused-ring (bicyclic) bond motifs is 1. The summed E-state index contributed by atoms with van der Waals surface area (Å²) in [5.74, 6) is 0.817. The zero-order valence-electron chi connectivity index (χ0n) is 11.0. The first kappa shape index (κ1) is 12.9. The van der Waals surface area contributed by atoms with Crippen LogP contribution in [0.2, 0.25) is 5.02 Å². The third-order valence-corrected chi connectivity index (χ3v) is 3.40. The first-order chi connectivity index (χ1) is 9.74. The molecule has 0 fully saturated rings. The minimum atomic E-state index is 0.759. The zero-order valence-corrected chi connectivity index (χ0v) is 11.8. The molecule has 6 heteroatoms. The molecule has 0 atom stereocenters. The van der Waals surface area contributed by atoms with Crippen LogP contribution in [0.3, 0.4) is 0 Å². The molecule has 20 heavy (non-hydrogen) atoms. The van der Waals surface area contributed by atoms with Gasteiger partial charge < -0.3 is 5.32 Å². The maximum absolute atomic E-state index is 5.87. The highest BCUT2D eigenvalue weighted by atomic mass is 35.5. The van der Waals surface area contributed by atoms with Crippen molar-refractivity contribution in [2.24, 2.45) is 7.05 Å². The highest BCUT2D eigenvalue weighted by molar-refractivity contribution is 6.30. The summed E-state index contributed by atoms with van der Waals surface area (Å²) in [5, 5.41) is 9.21. The van der Waals surface area contributed by atoms with Gasteiger partial charge in [0, 0.05) is 18.6 Å². The van der Waals surface area contributed by atoms with Crippen molar-refractivity contribution in [1.82, 2.24) is 19.7 Å². The Bertz CT molecular complexity index is 720. The van der Waals surface area contributed by atoms with Crippen molar-refractivity contribution < 1.29 is 0 Å². The van der Waals surface area contributed by atoms with Crippen molar-refractivity contribution in [2.75, 3.05) is 11.9 Å². The molecule has 0 saturated heterocycles. The molecular formula is C14H14ClN5. The third kappa shape index (κ3) is 2.58. The van der Waals surface area contributed by atoms with Gasteiger partial charge in [0.2, 0.25) is 0 Å². The molecule has 0 spiro atoms. The Balaban J connectivity index is 1.69. The van der Waals surface area contributed by atoms with Crippen LogP contribution in [0.1, 0.15) is 5.56 Å². The van der Waals surface area contributed by atoms with E-state index in [0.29, 0.717) is 0 Å².